The number of hydrogen-bond acceptors (Lipinski definition) is 4. The van der Waals surface area contributed by atoms with Gasteiger partial charge < -0.3 is 5.73 Å². The number of hydrogen-bond donors (Lipinski definition) is 1. The van der Waals surface area contributed by atoms with Crippen LogP contribution in [0, 0.1) is 10.1 Å². The maximum absolute atomic E-state index is 10.8. The molecule has 1 aliphatic rings. The summed E-state index contributed by atoms with van der Waals surface area (Å²) >= 11 is 0. The molecule has 1 aromatic carbocycles. The number of nitrogens with two attached hydrogens (primary N) is 1. The van der Waals surface area contributed by atoms with Crippen LogP contribution in [-0.4, -0.2) is 29.5 Å². The van der Waals surface area contributed by atoms with Crippen molar-refractivity contribution in [2.24, 2.45) is 5.73 Å². The Labute approximate surface area is 107 Å². The summed E-state index contributed by atoms with van der Waals surface area (Å²) < 4.78 is 0. The molecule has 18 heavy (non-hydrogen) atoms. The maximum Gasteiger partial charge on any atom is 0.269 e. The first-order valence-corrected chi connectivity index (χ1v) is 6.30. The second kappa shape index (κ2) is 5.46. The number of nitrogens with zero attached hydrogens (tertiary/aromatic N) is 2. The van der Waals surface area contributed by atoms with Crippen molar-refractivity contribution in [3.05, 3.63) is 39.9 Å². The summed E-state index contributed by atoms with van der Waals surface area (Å²) in [4.78, 5) is 12.7. The van der Waals surface area contributed by atoms with Crippen molar-refractivity contribution >= 4 is 5.69 Å². The topological polar surface area (TPSA) is 72.4 Å². The second-order valence-electron chi connectivity index (χ2n) is 4.94. The molecule has 1 aliphatic heterocycles. The van der Waals surface area contributed by atoms with Gasteiger partial charge in [-0.3, -0.25) is 15.0 Å². The third-order valence-corrected chi connectivity index (χ3v) is 3.60. The highest BCUT2D eigenvalue weighted by Crippen LogP contribution is 2.29. The average molecular weight is 249 g/mol. The summed E-state index contributed by atoms with van der Waals surface area (Å²) in [5, 5.41) is 10.8. The highest BCUT2D eigenvalue weighted by molar-refractivity contribution is 5.36. The predicted molar refractivity (Wildman–Crippen MR) is 70.3 cm³/mol. The normalized spacial score (nSPS) is 25.7. The summed E-state index contributed by atoms with van der Waals surface area (Å²) in [6, 6.07) is 6.95. The molecule has 98 valence electrons. The van der Waals surface area contributed by atoms with E-state index in [9.17, 15) is 10.1 Å². The molecule has 5 heteroatoms. The Bertz CT molecular complexity index is 424. The Balaban J connectivity index is 2.32. The fraction of sp³-hybridized carbons (Fsp3) is 0.538. The molecular weight excluding hydrogens is 230 g/mol. The Morgan fingerprint density at radius 3 is 2.94 bits per heavy atom. The first kappa shape index (κ1) is 13.0. The van der Waals surface area contributed by atoms with E-state index in [0.717, 1.165) is 31.4 Å². The van der Waals surface area contributed by atoms with Gasteiger partial charge in [-0.25, -0.2) is 0 Å². The predicted octanol–water partition coefficient (Wildman–Crippen LogP) is 2.08. The molecule has 0 bridgehead atoms. The summed E-state index contributed by atoms with van der Waals surface area (Å²) in [5.74, 6) is 0. The Morgan fingerprint density at radius 2 is 2.22 bits per heavy atom. The van der Waals surface area contributed by atoms with E-state index in [-0.39, 0.29) is 22.7 Å². The quantitative estimate of drug-likeness (QED) is 0.643. The van der Waals surface area contributed by atoms with E-state index in [4.69, 9.17) is 5.73 Å². The van der Waals surface area contributed by atoms with Gasteiger partial charge in [-0.15, -0.1) is 0 Å². The van der Waals surface area contributed by atoms with Crippen LogP contribution in [0.4, 0.5) is 5.69 Å². The van der Waals surface area contributed by atoms with Gasteiger partial charge in [0.1, 0.15) is 0 Å². The minimum absolute atomic E-state index is 0.0412. The Morgan fingerprint density at radius 1 is 1.44 bits per heavy atom. The lowest BCUT2D eigenvalue weighted by atomic mass is 9.96. The second-order valence-corrected chi connectivity index (χ2v) is 4.94. The van der Waals surface area contributed by atoms with E-state index in [2.05, 4.69) is 4.90 Å². The van der Waals surface area contributed by atoms with E-state index in [0.29, 0.717) is 0 Å². The molecule has 0 amide bonds. The van der Waals surface area contributed by atoms with Gasteiger partial charge in [-0.1, -0.05) is 18.6 Å². The fourth-order valence-electron chi connectivity index (χ4n) is 2.69. The molecule has 2 rings (SSSR count). The standard InChI is InChI=1S/C13H19N3O2/c1-15-8-3-2-7-12(14)13(15)10-5-4-6-11(9-10)16(17)18/h4-6,9,12-13H,2-3,7-8,14H2,1H3. The lowest BCUT2D eigenvalue weighted by molar-refractivity contribution is -0.385. The van der Waals surface area contributed by atoms with Crippen LogP contribution in [-0.2, 0) is 0 Å². The number of non-ortho nitro benzene ring substituents is 1. The van der Waals surface area contributed by atoms with E-state index >= 15 is 0 Å². The van der Waals surface area contributed by atoms with Crippen molar-refractivity contribution in [2.45, 2.75) is 31.3 Å². The van der Waals surface area contributed by atoms with Crippen LogP contribution in [0.2, 0.25) is 0 Å². The lowest BCUT2D eigenvalue weighted by Crippen LogP contribution is -2.37. The molecule has 2 unspecified atom stereocenters. The van der Waals surface area contributed by atoms with E-state index < -0.39 is 0 Å². The van der Waals surface area contributed by atoms with Gasteiger partial charge in [0.2, 0.25) is 0 Å². The monoisotopic (exact) mass is 249 g/mol. The van der Waals surface area contributed by atoms with Crippen LogP contribution >= 0.6 is 0 Å². The average Bonchev–Trinajstić information content (AvgIpc) is 2.51. The van der Waals surface area contributed by atoms with Crippen LogP contribution in [0.25, 0.3) is 0 Å². The molecule has 0 radical (unpaired) electrons. The van der Waals surface area contributed by atoms with Crippen LogP contribution in [0.1, 0.15) is 30.9 Å². The number of benzene rings is 1. The first-order chi connectivity index (χ1) is 8.59. The molecule has 5 nitrogen and oxygen atoms in total. The molecule has 2 N–H and O–H groups in total. The van der Waals surface area contributed by atoms with Gasteiger partial charge in [0.15, 0.2) is 0 Å². The van der Waals surface area contributed by atoms with Gasteiger partial charge in [0.05, 0.1) is 4.92 Å². The number of nitro benzene ring substituents is 1. The smallest absolute Gasteiger partial charge is 0.269 e. The first-order valence-electron chi connectivity index (χ1n) is 6.30. The third kappa shape index (κ3) is 2.68. The third-order valence-electron chi connectivity index (χ3n) is 3.60. The highest BCUT2D eigenvalue weighted by Gasteiger charge is 2.27. The van der Waals surface area contributed by atoms with Gasteiger partial charge in [-0.05, 0) is 32.0 Å². The highest BCUT2D eigenvalue weighted by atomic mass is 16.6. The largest absolute Gasteiger partial charge is 0.326 e. The maximum atomic E-state index is 10.8. The zero-order valence-corrected chi connectivity index (χ0v) is 10.6. The minimum atomic E-state index is -0.355. The van der Waals surface area contributed by atoms with Gasteiger partial charge in [0.25, 0.3) is 5.69 Å². The summed E-state index contributed by atoms with van der Waals surface area (Å²) in [7, 11) is 2.04. The SMILES string of the molecule is CN1CCCCC(N)C1c1cccc([N+](=O)[O-])c1. The summed E-state index contributed by atoms with van der Waals surface area (Å²) in [6.07, 6.45) is 3.23. The number of nitro groups is 1. The van der Waals surface area contributed by atoms with E-state index in [1.54, 1.807) is 12.1 Å². The Kier molecular flexibility index (Phi) is 3.93. The molecule has 1 saturated heterocycles. The number of likely N-dealkylation sites (tertiary alicyclic amines) is 1. The lowest BCUT2D eigenvalue weighted by Gasteiger charge is -2.30. The Hall–Kier alpha value is -1.46. The number of likely N-dealkylation sites (N-methyl/N-ethyl adjacent to an activating group) is 1. The van der Waals surface area contributed by atoms with Crippen LogP contribution in [0.15, 0.2) is 24.3 Å². The minimum Gasteiger partial charge on any atom is -0.326 e. The summed E-state index contributed by atoms with van der Waals surface area (Å²) in [6.45, 7) is 0.987. The van der Waals surface area contributed by atoms with Gasteiger partial charge in [0, 0.05) is 24.2 Å². The van der Waals surface area contributed by atoms with E-state index in [1.165, 1.54) is 6.07 Å². The van der Waals surface area contributed by atoms with Crippen molar-refractivity contribution < 1.29 is 4.92 Å². The zero-order valence-electron chi connectivity index (χ0n) is 10.6. The van der Waals surface area contributed by atoms with Crippen molar-refractivity contribution in [2.75, 3.05) is 13.6 Å². The van der Waals surface area contributed by atoms with Crippen molar-refractivity contribution in [1.29, 1.82) is 0 Å². The van der Waals surface area contributed by atoms with Crippen molar-refractivity contribution in [3.8, 4) is 0 Å². The summed E-state index contributed by atoms with van der Waals surface area (Å²) in [5.41, 5.74) is 7.30. The molecule has 0 spiro atoms. The van der Waals surface area contributed by atoms with Gasteiger partial charge in [-0.2, -0.15) is 0 Å². The molecule has 2 atom stereocenters. The van der Waals surface area contributed by atoms with Gasteiger partial charge >= 0.3 is 0 Å². The van der Waals surface area contributed by atoms with Crippen LogP contribution in [0.3, 0.4) is 0 Å². The molecule has 0 aliphatic carbocycles. The molecule has 0 saturated carbocycles. The van der Waals surface area contributed by atoms with Crippen LogP contribution in [0.5, 0.6) is 0 Å². The molecule has 0 aromatic heterocycles. The molecular formula is C13H19N3O2. The zero-order chi connectivity index (χ0) is 13.1. The van der Waals surface area contributed by atoms with Crippen LogP contribution < -0.4 is 5.73 Å². The fourth-order valence-corrected chi connectivity index (χ4v) is 2.69. The molecule has 1 fully saturated rings. The van der Waals surface area contributed by atoms with Crippen molar-refractivity contribution in [1.82, 2.24) is 4.90 Å². The molecule has 1 heterocycles. The van der Waals surface area contributed by atoms with Crippen molar-refractivity contribution in [3.63, 3.8) is 0 Å². The van der Waals surface area contributed by atoms with E-state index in [1.807, 2.05) is 13.1 Å². The number of rotatable bonds is 2. The molecule has 1 aromatic rings.